The molecule has 2 N–H and O–H groups in total. The third-order valence-corrected chi connectivity index (χ3v) is 5.33. The van der Waals surface area contributed by atoms with Crippen molar-refractivity contribution >= 4 is 5.57 Å². The van der Waals surface area contributed by atoms with Gasteiger partial charge in [-0.05, 0) is 23.3 Å². The van der Waals surface area contributed by atoms with Crippen LogP contribution in [0.15, 0.2) is 67.9 Å². The van der Waals surface area contributed by atoms with E-state index in [0.29, 0.717) is 17.3 Å². The van der Waals surface area contributed by atoms with Crippen LogP contribution in [0, 0.1) is 11.6 Å². The van der Waals surface area contributed by atoms with Gasteiger partial charge in [-0.3, -0.25) is 0 Å². The quantitative estimate of drug-likeness (QED) is 0.344. The molecule has 0 spiro atoms. The van der Waals surface area contributed by atoms with E-state index in [4.69, 9.17) is 9.84 Å². The van der Waals surface area contributed by atoms with Crippen LogP contribution in [0.3, 0.4) is 0 Å². The molecular formula is C23H22F2N6O3. The number of nitrogens with zero attached hydrogens (tertiary/aromatic N) is 6. The predicted molar refractivity (Wildman–Crippen MR) is 118 cm³/mol. The van der Waals surface area contributed by atoms with Crippen LogP contribution in [0.2, 0.25) is 0 Å². The molecule has 0 fully saturated rings. The number of halogens is 2. The lowest BCUT2D eigenvalue weighted by Crippen LogP contribution is -2.34. The van der Waals surface area contributed by atoms with E-state index in [1.54, 1.807) is 30.5 Å². The second-order valence-electron chi connectivity index (χ2n) is 7.51. The average molecular weight is 468 g/mol. The van der Waals surface area contributed by atoms with Crippen LogP contribution in [0.5, 0.6) is 0 Å². The van der Waals surface area contributed by atoms with Gasteiger partial charge >= 0.3 is 0 Å². The summed E-state index contributed by atoms with van der Waals surface area (Å²) in [6.45, 7) is 4.03. The van der Waals surface area contributed by atoms with Crippen LogP contribution in [0.4, 0.5) is 8.78 Å². The zero-order valence-corrected chi connectivity index (χ0v) is 18.1. The highest BCUT2D eigenvalue weighted by molar-refractivity contribution is 5.74. The van der Waals surface area contributed by atoms with E-state index in [0.717, 1.165) is 11.6 Å². The predicted octanol–water partition coefficient (Wildman–Crippen LogP) is 2.38. The molecule has 1 atom stereocenters. The molecule has 11 heteroatoms. The highest BCUT2D eigenvalue weighted by atomic mass is 19.1. The fraction of sp³-hybridized carbons (Fsp3) is 0.217. The van der Waals surface area contributed by atoms with Gasteiger partial charge in [-0.25, -0.2) is 23.1 Å². The minimum atomic E-state index is -1.94. The number of hydrogen-bond acceptors (Lipinski definition) is 7. The Morgan fingerprint density at radius 1 is 1.15 bits per heavy atom. The lowest BCUT2D eigenvalue weighted by molar-refractivity contribution is 0.0418. The van der Waals surface area contributed by atoms with E-state index in [1.165, 1.54) is 28.1 Å². The number of aliphatic hydroxyl groups is 2. The Bertz CT molecular complexity index is 1260. The summed E-state index contributed by atoms with van der Waals surface area (Å²) in [4.78, 5) is 3.86. The Morgan fingerprint density at radius 3 is 2.62 bits per heavy atom. The zero-order valence-electron chi connectivity index (χ0n) is 18.1. The van der Waals surface area contributed by atoms with E-state index in [9.17, 15) is 13.9 Å². The van der Waals surface area contributed by atoms with Crippen molar-refractivity contribution < 1.29 is 23.7 Å². The Balaban J connectivity index is 1.65. The van der Waals surface area contributed by atoms with Crippen molar-refractivity contribution in [2.24, 2.45) is 0 Å². The molecule has 2 aromatic carbocycles. The Kier molecular flexibility index (Phi) is 6.87. The largest absolute Gasteiger partial charge is 0.394 e. The smallest absolute Gasteiger partial charge is 0.141 e. The van der Waals surface area contributed by atoms with E-state index < -0.39 is 17.2 Å². The molecule has 0 aliphatic carbocycles. The summed E-state index contributed by atoms with van der Waals surface area (Å²) in [6.07, 6.45) is 4.25. The van der Waals surface area contributed by atoms with Gasteiger partial charge in [0.05, 0.1) is 31.6 Å². The van der Waals surface area contributed by atoms with Crippen LogP contribution in [-0.4, -0.2) is 53.2 Å². The number of hydrogen-bond donors (Lipinski definition) is 2. The minimum absolute atomic E-state index is 0.104. The van der Waals surface area contributed by atoms with Crippen molar-refractivity contribution in [1.29, 1.82) is 0 Å². The number of benzene rings is 2. The Labute approximate surface area is 193 Å². The van der Waals surface area contributed by atoms with Gasteiger partial charge in [-0.2, -0.15) is 5.10 Å². The van der Waals surface area contributed by atoms with Crippen LogP contribution in [0.1, 0.15) is 11.1 Å². The molecule has 0 saturated carbocycles. The maximum absolute atomic E-state index is 14.7. The molecule has 0 aliphatic rings. The lowest BCUT2D eigenvalue weighted by atomic mass is 9.82. The highest BCUT2D eigenvalue weighted by Gasteiger charge is 2.37. The summed E-state index contributed by atoms with van der Waals surface area (Å²) >= 11 is 0. The maximum Gasteiger partial charge on any atom is 0.141 e. The Morgan fingerprint density at radius 2 is 1.94 bits per heavy atom. The van der Waals surface area contributed by atoms with E-state index in [1.807, 2.05) is 0 Å². The van der Waals surface area contributed by atoms with Crippen LogP contribution < -0.4 is 0 Å². The molecule has 0 radical (unpaired) electrons. The molecule has 2 heterocycles. The highest BCUT2D eigenvalue weighted by Crippen LogP contribution is 2.38. The van der Waals surface area contributed by atoms with Crippen molar-refractivity contribution in [2.45, 2.75) is 18.9 Å². The zero-order chi connectivity index (χ0) is 24.1. The molecule has 0 amide bonds. The molecule has 0 aliphatic heterocycles. The topological polar surface area (TPSA) is 111 Å². The molecule has 9 nitrogen and oxygen atoms in total. The van der Waals surface area contributed by atoms with Gasteiger partial charge in [-0.15, -0.1) is 5.10 Å². The van der Waals surface area contributed by atoms with Gasteiger partial charge in [0.1, 0.15) is 36.6 Å². The molecule has 1 unspecified atom stereocenters. The third kappa shape index (κ3) is 4.76. The first-order chi connectivity index (χ1) is 16.4. The number of rotatable bonds is 10. The third-order valence-electron chi connectivity index (χ3n) is 5.33. The Hall–Kier alpha value is -3.80. The summed E-state index contributed by atoms with van der Waals surface area (Å²) in [6, 6.07) is 9.98. The molecular weight excluding hydrogens is 446 g/mol. The average Bonchev–Trinajstić information content (AvgIpc) is 3.51. The minimum Gasteiger partial charge on any atom is -0.394 e. The summed E-state index contributed by atoms with van der Waals surface area (Å²) in [7, 11) is 0. The summed E-state index contributed by atoms with van der Waals surface area (Å²) in [5.41, 5.74) is 0.0963. The standard InChI is InChI=1S/C23H22F2N6O3/c1-16(17-2-4-18(5-3-17)22-11-27-29-31(22)15-34-9-8-32)23(33,12-30-14-26-13-28-30)20-7-6-19(24)10-21(20)25/h2-7,10-11,13-14,32-33H,1,8-9,12,15H2. The summed E-state index contributed by atoms with van der Waals surface area (Å²) < 4.78 is 36.5. The van der Waals surface area contributed by atoms with E-state index in [-0.39, 0.29) is 37.6 Å². The molecule has 4 aromatic rings. The van der Waals surface area contributed by atoms with Gasteiger partial charge in [-0.1, -0.05) is 36.1 Å². The van der Waals surface area contributed by atoms with Gasteiger partial charge in [0, 0.05) is 17.2 Å². The van der Waals surface area contributed by atoms with Gasteiger partial charge < -0.3 is 14.9 Å². The van der Waals surface area contributed by atoms with Crippen molar-refractivity contribution in [3.63, 3.8) is 0 Å². The van der Waals surface area contributed by atoms with Crippen LogP contribution >= 0.6 is 0 Å². The second-order valence-corrected chi connectivity index (χ2v) is 7.51. The number of aliphatic hydroxyl groups excluding tert-OH is 1. The number of ether oxygens (including phenoxy) is 1. The molecule has 4 rings (SSSR count). The van der Waals surface area contributed by atoms with Crippen LogP contribution in [0.25, 0.3) is 16.8 Å². The molecule has 0 bridgehead atoms. The van der Waals surface area contributed by atoms with Crippen LogP contribution in [-0.2, 0) is 23.6 Å². The molecule has 2 aromatic heterocycles. The first-order valence-electron chi connectivity index (χ1n) is 10.3. The normalized spacial score (nSPS) is 13.1. The maximum atomic E-state index is 14.7. The molecule has 0 saturated heterocycles. The fourth-order valence-electron chi connectivity index (χ4n) is 3.59. The van der Waals surface area contributed by atoms with Crippen molar-refractivity contribution in [1.82, 2.24) is 29.8 Å². The first kappa shape index (κ1) is 23.4. The summed E-state index contributed by atoms with van der Waals surface area (Å²) in [5, 5.41) is 32.4. The van der Waals surface area contributed by atoms with Gasteiger partial charge in [0.2, 0.25) is 0 Å². The monoisotopic (exact) mass is 468 g/mol. The second kappa shape index (κ2) is 10.00. The molecule has 34 heavy (non-hydrogen) atoms. The van der Waals surface area contributed by atoms with Gasteiger partial charge in [0.25, 0.3) is 0 Å². The van der Waals surface area contributed by atoms with Gasteiger partial charge in [0.15, 0.2) is 0 Å². The van der Waals surface area contributed by atoms with Crippen molar-refractivity contribution in [3.05, 3.63) is 90.7 Å². The lowest BCUT2D eigenvalue weighted by Gasteiger charge is -2.31. The van der Waals surface area contributed by atoms with Crippen molar-refractivity contribution in [3.8, 4) is 11.3 Å². The van der Waals surface area contributed by atoms with Crippen molar-refractivity contribution in [2.75, 3.05) is 13.2 Å². The SMILES string of the molecule is C=C(c1ccc(-c2cnnn2COCCO)cc1)C(O)(Cn1cncn1)c1ccc(F)cc1F. The number of aromatic nitrogens is 6. The molecule has 176 valence electrons. The first-order valence-corrected chi connectivity index (χ1v) is 10.3. The van der Waals surface area contributed by atoms with E-state index in [2.05, 4.69) is 27.0 Å². The fourth-order valence-corrected chi connectivity index (χ4v) is 3.59. The summed E-state index contributed by atoms with van der Waals surface area (Å²) in [5.74, 6) is -1.66. The van der Waals surface area contributed by atoms with E-state index >= 15 is 0 Å².